The van der Waals surface area contributed by atoms with Crippen molar-refractivity contribution in [1.82, 2.24) is 20.1 Å². The third kappa shape index (κ3) is 2.95. The van der Waals surface area contributed by atoms with Crippen molar-refractivity contribution in [3.05, 3.63) is 41.2 Å². The lowest BCUT2D eigenvalue weighted by atomic mass is 10.2. The molecule has 7 nitrogen and oxygen atoms in total. The first kappa shape index (κ1) is 15.6. The van der Waals surface area contributed by atoms with Gasteiger partial charge in [-0.3, -0.25) is 9.78 Å². The number of pyridine rings is 1. The molecule has 0 aromatic carbocycles. The summed E-state index contributed by atoms with van der Waals surface area (Å²) in [7, 11) is 0. The van der Waals surface area contributed by atoms with E-state index in [0.29, 0.717) is 25.3 Å². The molecular weight excluding hydrogens is 301 g/mol. The highest BCUT2D eigenvalue weighted by atomic mass is 19.1. The molecule has 2 aromatic heterocycles. The average Bonchev–Trinajstić information content (AvgIpc) is 2.92. The number of nitrogens with zero attached hydrogens (tertiary/aromatic N) is 3. The Kier molecular flexibility index (Phi) is 4.35. The van der Waals surface area contributed by atoms with Crippen molar-refractivity contribution in [1.29, 1.82) is 0 Å². The smallest absolute Gasteiger partial charge is 0.270 e. The van der Waals surface area contributed by atoms with Gasteiger partial charge in [-0.1, -0.05) is 6.92 Å². The van der Waals surface area contributed by atoms with Gasteiger partial charge in [0.2, 0.25) is 0 Å². The predicted molar refractivity (Wildman–Crippen MR) is 80.8 cm³/mol. The third-order valence-corrected chi connectivity index (χ3v) is 3.73. The number of rotatable bonds is 4. The average molecular weight is 319 g/mol. The molecule has 8 heteroatoms. The summed E-state index contributed by atoms with van der Waals surface area (Å²) in [5, 5.41) is 7.35. The van der Waals surface area contributed by atoms with E-state index in [-0.39, 0.29) is 17.5 Å². The van der Waals surface area contributed by atoms with Crippen LogP contribution in [0.2, 0.25) is 0 Å². The van der Waals surface area contributed by atoms with Crippen molar-refractivity contribution in [3.8, 4) is 5.69 Å². The minimum Gasteiger partial charge on any atom is -0.369 e. The summed E-state index contributed by atoms with van der Waals surface area (Å²) in [6.45, 7) is 3.90. The van der Waals surface area contributed by atoms with Crippen LogP contribution in [0, 0.1) is 5.82 Å². The highest BCUT2D eigenvalue weighted by molar-refractivity contribution is 5.92. The Morgan fingerprint density at radius 2 is 2.39 bits per heavy atom. The number of amides is 1. The van der Waals surface area contributed by atoms with Crippen LogP contribution in [0.5, 0.6) is 0 Å². The van der Waals surface area contributed by atoms with Crippen molar-refractivity contribution in [2.45, 2.75) is 19.4 Å². The summed E-state index contributed by atoms with van der Waals surface area (Å²) >= 11 is 0. The molecule has 1 amide bonds. The van der Waals surface area contributed by atoms with Gasteiger partial charge in [-0.25, -0.2) is 9.07 Å². The molecule has 3 rings (SSSR count). The number of primary amides is 1. The molecule has 0 unspecified atom stereocenters. The molecule has 3 heterocycles. The fourth-order valence-corrected chi connectivity index (χ4v) is 2.54. The van der Waals surface area contributed by atoms with Gasteiger partial charge in [-0.2, -0.15) is 5.10 Å². The van der Waals surface area contributed by atoms with Crippen molar-refractivity contribution in [2.24, 2.45) is 5.73 Å². The van der Waals surface area contributed by atoms with Crippen LogP contribution in [-0.4, -0.2) is 40.4 Å². The van der Waals surface area contributed by atoms with E-state index in [2.05, 4.69) is 15.4 Å². The number of hydrogen-bond donors (Lipinski definition) is 2. The number of aryl methyl sites for hydroxylation is 1. The van der Waals surface area contributed by atoms with E-state index < -0.39 is 11.7 Å². The second-order valence-electron chi connectivity index (χ2n) is 5.24. The lowest BCUT2D eigenvalue weighted by Gasteiger charge is -2.23. The highest BCUT2D eigenvalue weighted by Gasteiger charge is 2.23. The lowest BCUT2D eigenvalue weighted by Crippen LogP contribution is -2.33. The first-order valence-electron chi connectivity index (χ1n) is 7.47. The molecule has 0 spiro atoms. The summed E-state index contributed by atoms with van der Waals surface area (Å²) in [4.78, 5) is 15.9. The molecule has 1 aliphatic heterocycles. The fraction of sp³-hybridized carbons (Fsp3) is 0.400. The first-order chi connectivity index (χ1) is 11.1. The van der Waals surface area contributed by atoms with E-state index in [9.17, 15) is 9.18 Å². The first-order valence-corrected chi connectivity index (χ1v) is 7.47. The van der Waals surface area contributed by atoms with Crippen LogP contribution in [0.1, 0.15) is 34.9 Å². The largest absolute Gasteiger partial charge is 0.369 e. The molecule has 3 N–H and O–H groups in total. The number of carbonyl (C=O) groups is 1. The normalized spacial score (nSPS) is 18.1. The highest BCUT2D eigenvalue weighted by Crippen LogP contribution is 2.20. The van der Waals surface area contributed by atoms with Crippen LogP contribution in [-0.2, 0) is 11.2 Å². The van der Waals surface area contributed by atoms with E-state index in [1.54, 1.807) is 19.1 Å². The zero-order chi connectivity index (χ0) is 16.4. The maximum atomic E-state index is 14.2. The number of ether oxygens (including phenoxy) is 1. The molecule has 0 radical (unpaired) electrons. The van der Waals surface area contributed by atoms with Crippen molar-refractivity contribution in [2.75, 3.05) is 19.7 Å². The topological polar surface area (TPSA) is 95.1 Å². The maximum absolute atomic E-state index is 14.2. The SMILES string of the molecule is CCc1nn(-c2ccc([C@@H]3CNCCO3)nc2)c(C(N)=O)c1F. The number of halogens is 1. The Morgan fingerprint density at radius 3 is 2.96 bits per heavy atom. The number of carbonyl (C=O) groups excluding carboxylic acids is 1. The van der Waals surface area contributed by atoms with Gasteiger partial charge in [0.05, 0.1) is 29.9 Å². The minimum absolute atomic E-state index is 0.117. The van der Waals surface area contributed by atoms with Crippen molar-refractivity contribution < 1.29 is 13.9 Å². The summed E-state index contributed by atoms with van der Waals surface area (Å²) in [5.74, 6) is -1.54. The van der Waals surface area contributed by atoms with Gasteiger partial charge in [0.15, 0.2) is 11.5 Å². The molecule has 23 heavy (non-hydrogen) atoms. The second-order valence-corrected chi connectivity index (χ2v) is 5.24. The molecule has 2 aromatic rings. The summed E-state index contributed by atoms with van der Waals surface area (Å²) < 4.78 is 21.0. The monoisotopic (exact) mass is 319 g/mol. The van der Waals surface area contributed by atoms with Crippen molar-refractivity contribution >= 4 is 5.91 Å². The van der Waals surface area contributed by atoms with Crippen LogP contribution in [0.15, 0.2) is 18.3 Å². The van der Waals surface area contributed by atoms with Crippen molar-refractivity contribution in [3.63, 3.8) is 0 Å². The molecule has 0 saturated carbocycles. The lowest BCUT2D eigenvalue weighted by molar-refractivity contribution is 0.0250. The molecule has 0 aliphatic carbocycles. The molecule has 122 valence electrons. The van der Waals surface area contributed by atoms with Gasteiger partial charge in [-0.15, -0.1) is 0 Å². The van der Waals surface area contributed by atoms with E-state index in [1.807, 2.05) is 0 Å². The van der Waals surface area contributed by atoms with E-state index in [4.69, 9.17) is 10.5 Å². The van der Waals surface area contributed by atoms with E-state index in [1.165, 1.54) is 10.9 Å². The zero-order valence-corrected chi connectivity index (χ0v) is 12.8. The Morgan fingerprint density at radius 1 is 1.57 bits per heavy atom. The standard InChI is InChI=1S/C15H18FN5O2/c1-2-10-13(16)14(15(17)22)21(20-10)9-3-4-11(19-7-9)12-8-18-5-6-23-12/h3-4,7,12,18H,2,5-6,8H2,1H3,(H2,17,22)/t12-/m0/s1. The number of hydrogen-bond acceptors (Lipinski definition) is 5. The zero-order valence-electron chi connectivity index (χ0n) is 12.8. The minimum atomic E-state index is -0.862. The molecule has 1 fully saturated rings. The Labute approximate surface area is 132 Å². The number of aromatic nitrogens is 3. The maximum Gasteiger partial charge on any atom is 0.270 e. The molecule has 0 bridgehead atoms. The predicted octanol–water partition coefficient (Wildman–Crippen LogP) is 0.729. The Bertz CT molecular complexity index is 707. The van der Waals surface area contributed by atoms with E-state index in [0.717, 1.165) is 12.2 Å². The van der Waals surface area contributed by atoms with Gasteiger partial charge < -0.3 is 15.8 Å². The molecule has 1 atom stereocenters. The van der Waals surface area contributed by atoms with Crippen LogP contribution in [0.3, 0.4) is 0 Å². The fourth-order valence-electron chi connectivity index (χ4n) is 2.54. The Hall–Kier alpha value is -2.32. The molecule has 1 saturated heterocycles. The summed E-state index contributed by atoms with van der Waals surface area (Å²) in [6.07, 6.45) is 1.78. The van der Waals surface area contributed by atoms with Gasteiger partial charge in [0.25, 0.3) is 5.91 Å². The number of morpholine rings is 1. The number of nitrogens with two attached hydrogens (primary N) is 1. The Balaban J connectivity index is 1.94. The number of nitrogens with one attached hydrogen (secondary N) is 1. The van der Waals surface area contributed by atoms with Crippen LogP contribution in [0.4, 0.5) is 4.39 Å². The summed E-state index contributed by atoms with van der Waals surface area (Å²) in [6, 6.07) is 3.50. The third-order valence-electron chi connectivity index (χ3n) is 3.73. The van der Waals surface area contributed by atoms with E-state index >= 15 is 0 Å². The summed E-state index contributed by atoms with van der Waals surface area (Å²) in [5.41, 5.74) is 6.46. The van der Waals surface area contributed by atoms with Crippen LogP contribution < -0.4 is 11.1 Å². The molecular formula is C15H18FN5O2. The van der Waals surface area contributed by atoms with Gasteiger partial charge in [-0.05, 0) is 18.6 Å². The van der Waals surface area contributed by atoms with Gasteiger partial charge in [0, 0.05) is 13.1 Å². The van der Waals surface area contributed by atoms with Crippen LogP contribution in [0.25, 0.3) is 5.69 Å². The van der Waals surface area contributed by atoms with Gasteiger partial charge >= 0.3 is 0 Å². The van der Waals surface area contributed by atoms with Gasteiger partial charge in [0.1, 0.15) is 6.10 Å². The van der Waals surface area contributed by atoms with Crippen LogP contribution >= 0.6 is 0 Å². The molecule has 1 aliphatic rings. The quantitative estimate of drug-likeness (QED) is 0.866. The second kappa shape index (κ2) is 6.43.